The molecule has 122 valence electrons. The number of hydrogen-bond acceptors (Lipinski definition) is 4. The maximum absolute atomic E-state index is 12.5. The summed E-state index contributed by atoms with van der Waals surface area (Å²) in [6.45, 7) is 2.47. The summed E-state index contributed by atoms with van der Waals surface area (Å²) >= 11 is 0. The molecule has 1 aliphatic heterocycles. The number of ether oxygens (including phenoxy) is 1. The Bertz CT molecular complexity index is 659. The molecule has 1 saturated heterocycles. The maximum Gasteiger partial charge on any atom is 0.257 e. The molecule has 1 atom stereocenters. The third kappa shape index (κ3) is 3.53. The van der Waals surface area contributed by atoms with Gasteiger partial charge in [0.2, 0.25) is 0 Å². The van der Waals surface area contributed by atoms with E-state index in [1.54, 1.807) is 18.0 Å². The van der Waals surface area contributed by atoms with E-state index in [1.807, 2.05) is 42.4 Å². The predicted molar refractivity (Wildman–Crippen MR) is 87.7 cm³/mol. The van der Waals surface area contributed by atoms with Crippen LogP contribution in [0.3, 0.4) is 0 Å². The second-order valence-electron chi connectivity index (χ2n) is 5.84. The highest BCUT2D eigenvalue weighted by atomic mass is 16.5. The van der Waals surface area contributed by atoms with Crippen LogP contribution >= 0.6 is 0 Å². The van der Waals surface area contributed by atoms with E-state index in [4.69, 9.17) is 4.74 Å². The van der Waals surface area contributed by atoms with E-state index in [9.17, 15) is 4.79 Å². The molecule has 1 amide bonds. The Morgan fingerprint density at radius 2 is 2.22 bits per heavy atom. The zero-order valence-corrected chi connectivity index (χ0v) is 13.5. The van der Waals surface area contributed by atoms with Crippen molar-refractivity contribution in [3.63, 3.8) is 0 Å². The van der Waals surface area contributed by atoms with Crippen molar-refractivity contribution in [3.05, 3.63) is 47.8 Å². The van der Waals surface area contributed by atoms with Gasteiger partial charge in [-0.3, -0.25) is 9.48 Å². The highest BCUT2D eigenvalue weighted by Gasteiger charge is 2.24. The van der Waals surface area contributed by atoms with E-state index in [0.29, 0.717) is 12.1 Å². The van der Waals surface area contributed by atoms with Gasteiger partial charge in [0, 0.05) is 25.8 Å². The van der Waals surface area contributed by atoms with Crippen LogP contribution in [0.25, 0.3) is 0 Å². The van der Waals surface area contributed by atoms with Gasteiger partial charge < -0.3 is 15.0 Å². The number of hydrogen-bond donors (Lipinski definition) is 1. The zero-order valence-electron chi connectivity index (χ0n) is 13.5. The van der Waals surface area contributed by atoms with Crippen LogP contribution in [0.1, 0.15) is 22.3 Å². The number of aromatic nitrogens is 2. The Morgan fingerprint density at radius 1 is 1.43 bits per heavy atom. The Labute approximate surface area is 136 Å². The second kappa shape index (κ2) is 6.83. The third-order valence-electron chi connectivity index (χ3n) is 4.29. The normalized spacial score (nSPS) is 17.2. The summed E-state index contributed by atoms with van der Waals surface area (Å²) in [6.07, 6.45) is 4.46. The molecule has 0 bridgehead atoms. The van der Waals surface area contributed by atoms with Crippen LogP contribution in [-0.4, -0.2) is 53.9 Å². The molecule has 6 heteroatoms. The quantitative estimate of drug-likeness (QED) is 0.906. The lowest BCUT2D eigenvalue weighted by atomic mass is 10.2. The fraction of sp³-hybridized carbons (Fsp3) is 0.412. The number of amides is 1. The van der Waals surface area contributed by atoms with E-state index < -0.39 is 0 Å². The molecule has 1 fully saturated rings. The average Bonchev–Trinajstić information content (AvgIpc) is 3.26. The Hall–Kier alpha value is -2.34. The summed E-state index contributed by atoms with van der Waals surface area (Å²) in [5, 5.41) is 7.59. The van der Waals surface area contributed by atoms with E-state index in [2.05, 4.69) is 10.4 Å². The van der Waals surface area contributed by atoms with Gasteiger partial charge in [-0.15, -0.1) is 0 Å². The SMILES string of the molecule is COc1ccc(Cn2cc(C(=O)N(C)C3CCNC3)cn2)cc1. The van der Waals surface area contributed by atoms with Crippen molar-refractivity contribution in [1.82, 2.24) is 20.0 Å². The fourth-order valence-electron chi connectivity index (χ4n) is 2.82. The average molecular weight is 314 g/mol. The molecule has 0 spiro atoms. The molecule has 1 aromatic heterocycles. The third-order valence-corrected chi connectivity index (χ3v) is 4.29. The summed E-state index contributed by atoms with van der Waals surface area (Å²) in [7, 11) is 3.51. The number of carbonyl (C=O) groups is 1. The van der Waals surface area contributed by atoms with Gasteiger partial charge in [-0.05, 0) is 30.7 Å². The van der Waals surface area contributed by atoms with Crippen molar-refractivity contribution < 1.29 is 9.53 Å². The van der Waals surface area contributed by atoms with Crippen molar-refractivity contribution >= 4 is 5.91 Å². The minimum Gasteiger partial charge on any atom is -0.497 e. The molecule has 6 nitrogen and oxygen atoms in total. The summed E-state index contributed by atoms with van der Waals surface area (Å²) in [6, 6.07) is 8.11. The molecule has 2 aromatic rings. The standard InChI is InChI=1S/C17H22N4O2/c1-20(15-7-8-18-10-15)17(22)14-9-19-21(12-14)11-13-3-5-16(23-2)6-4-13/h3-6,9,12,15,18H,7-8,10-11H2,1-2H3. The summed E-state index contributed by atoms with van der Waals surface area (Å²) < 4.78 is 6.94. The highest BCUT2D eigenvalue weighted by molar-refractivity contribution is 5.93. The number of nitrogens with zero attached hydrogens (tertiary/aromatic N) is 3. The lowest BCUT2D eigenvalue weighted by Gasteiger charge is -2.22. The van der Waals surface area contributed by atoms with Crippen LogP contribution in [0.4, 0.5) is 0 Å². The second-order valence-corrected chi connectivity index (χ2v) is 5.84. The van der Waals surface area contributed by atoms with Crippen molar-refractivity contribution in [1.29, 1.82) is 0 Å². The molecule has 1 aromatic carbocycles. The van der Waals surface area contributed by atoms with Crippen LogP contribution in [0.5, 0.6) is 5.75 Å². The summed E-state index contributed by atoms with van der Waals surface area (Å²) in [4.78, 5) is 14.3. The van der Waals surface area contributed by atoms with Gasteiger partial charge in [0.05, 0.1) is 25.4 Å². The molecule has 0 saturated carbocycles. The first-order chi connectivity index (χ1) is 11.2. The monoisotopic (exact) mass is 314 g/mol. The van der Waals surface area contributed by atoms with Crippen molar-refractivity contribution in [2.45, 2.75) is 19.0 Å². The Balaban J connectivity index is 1.65. The highest BCUT2D eigenvalue weighted by Crippen LogP contribution is 2.14. The molecule has 2 heterocycles. The predicted octanol–water partition coefficient (Wildman–Crippen LogP) is 1.37. The van der Waals surface area contributed by atoms with Crippen LogP contribution < -0.4 is 10.1 Å². The van der Waals surface area contributed by atoms with Gasteiger partial charge >= 0.3 is 0 Å². The van der Waals surface area contributed by atoms with Gasteiger partial charge in [-0.2, -0.15) is 5.10 Å². The number of methoxy groups -OCH3 is 1. The topological polar surface area (TPSA) is 59.4 Å². The van der Waals surface area contributed by atoms with E-state index in [0.717, 1.165) is 30.8 Å². The number of rotatable bonds is 5. The number of benzene rings is 1. The van der Waals surface area contributed by atoms with Crippen molar-refractivity contribution in [2.75, 3.05) is 27.2 Å². The molecule has 0 aliphatic carbocycles. The lowest BCUT2D eigenvalue weighted by Crippen LogP contribution is -2.38. The minimum atomic E-state index is 0.0275. The number of likely N-dealkylation sites (N-methyl/N-ethyl adjacent to an activating group) is 1. The minimum absolute atomic E-state index is 0.0275. The van der Waals surface area contributed by atoms with E-state index in [1.165, 1.54) is 0 Å². The van der Waals surface area contributed by atoms with Crippen LogP contribution in [-0.2, 0) is 6.54 Å². The smallest absolute Gasteiger partial charge is 0.257 e. The number of nitrogens with one attached hydrogen (secondary N) is 1. The summed E-state index contributed by atoms with van der Waals surface area (Å²) in [5.41, 5.74) is 1.74. The molecule has 1 aliphatic rings. The largest absolute Gasteiger partial charge is 0.497 e. The molecule has 1 N–H and O–H groups in total. The molecule has 3 rings (SSSR count). The van der Waals surface area contributed by atoms with E-state index in [-0.39, 0.29) is 11.9 Å². The first-order valence-corrected chi connectivity index (χ1v) is 7.80. The van der Waals surface area contributed by atoms with Crippen LogP contribution in [0.2, 0.25) is 0 Å². The first kappa shape index (κ1) is 15.6. The Kier molecular flexibility index (Phi) is 4.62. The summed E-state index contributed by atoms with van der Waals surface area (Å²) in [5.74, 6) is 0.858. The van der Waals surface area contributed by atoms with Crippen LogP contribution in [0.15, 0.2) is 36.7 Å². The van der Waals surface area contributed by atoms with Crippen molar-refractivity contribution in [3.8, 4) is 5.75 Å². The maximum atomic E-state index is 12.5. The van der Waals surface area contributed by atoms with Gasteiger partial charge in [0.1, 0.15) is 5.75 Å². The van der Waals surface area contributed by atoms with Crippen molar-refractivity contribution in [2.24, 2.45) is 0 Å². The van der Waals surface area contributed by atoms with Gasteiger partial charge in [0.25, 0.3) is 5.91 Å². The first-order valence-electron chi connectivity index (χ1n) is 7.80. The molecule has 0 radical (unpaired) electrons. The Morgan fingerprint density at radius 3 is 2.87 bits per heavy atom. The van der Waals surface area contributed by atoms with Gasteiger partial charge in [-0.25, -0.2) is 0 Å². The van der Waals surface area contributed by atoms with Crippen LogP contribution in [0, 0.1) is 0 Å². The number of carbonyl (C=O) groups excluding carboxylic acids is 1. The van der Waals surface area contributed by atoms with Gasteiger partial charge in [-0.1, -0.05) is 12.1 Å². The zero-order chi connectivity index (χ0) is 16.2. The van der Waals surface area contributed by atoms with Gasteiger partial charge in [0.15, 0.2) is 0 Å². The molecular formula is C17H22N4O2. The van der Waals surface area contributed by atoms with E-state index >= 15 is 0 Å². The lowest BCUT2D eigenvalue weighted by molar-refractivity contribution is 0.0743. The molecule has 1 unspecified atom stereocenters. The molecular weight excluding hydrogens is 292 g/mol. The fourth-order valence-corrected chi connectivity index (χ4v) is 2.82. The molecule has 23 heavy (non-hydrogen) atoms.